The third-order valence-corrected chi connectivity index (χ3v) is 5.05. The minimum absolute atomic E-state index is 0.00495. The van der Waals surface area contributed by atoms with Gasteiger partial charge in [-0.2, -0.15) is 0 Å². The van der Waals surface area contributed by atoms with Crippen molar-refractivity contribution >= 4 is 29.4 Å². The van der Waals surface area contributed by atoms with Crippen LogP contribution in [0.4, 0.5) is 0 Å². The molecule has 1 saturated heterocycles. The summed E-state index contributed by atoms with van der Waals surface area (Å²) in [4.78, 5) is 7.10. The van der Waals surface area contributed by atoms with Gasteiger partial charge >= 0.3 is 0 Å². The minimum atomic E-state index is -0.0207. The van der Waals surface area contributed by atoms with Gasteiger partial charge in [-0.1, -0.05) is 53.5 Å². The van der Waals surface area contributed by atoms with Crippen LogP contribution in [-0.2, 0) is 4.74 Å². The number of nitrogens with zero attached hydrogens (tertiary/aromatic N) is 2. The smallest absolute Gasteiger partial charge is 0.143 e. The zero-order valence-corrected chi connectivity index (χ0v) is 16.1. The minimum Gasteiger partial charge on any atom is -0.506 e. The Hall–Kier alpha value is -1.59. The first-order valence-electron chi connectivity index (χ1n) is 8.64. The monoisotopic (exact) mass is 392 g/mol. The van der Waals surface area contributed by atoms with Gasteiger partial charge < -0.3 is 9.84 Å². The molecule has 3 rings (SSSR count). The van der Waals surface area contributed by atoms with Gasteiger partial charge in [-0.05, 0) is 24.6 Å². The number of halogens is 2. The van der Waals surface area contributed by atoms with Gasteiger partial charge in [-0.25, -0.2) is 0 Å². The molecule has 2 aromatic carbocycles. The molecule has 0 saturated carbocycles. The number of hydrogen-bond acceptors (Lipinski definition) is 4. The van der Waals surface area contributed by atoms with Crippen molar-refractivity contribution in [2.24, 2.45) is 4.99 Å². The lowest BCUT2D eigenvalue weighted by molar-refractivity contribution is 0.0119. The van der Waals surface area contributed by atoms with Crippen LogP contribution < -0.4 is 0 Å². The highest BCUT2D eigenvalue weighted by molar-refractivity contribution is 6.36. The molecule has 6 heteroatoms. The normalized spacial score (nSPS) is 18.1. The number of aromatic hydroxyl groups is 1. The van der Waals surface area contributed by atoms with E-state index in [9.17, 15) is 5.11 Å². The van der Waals surface area contributed by atoms with Crippen molar-refractivity contribution in [2.75, 3.05) is 26.3 Å². The molecule has 1 aliphatic heterocycles. The Balaban J connectivity index is 1.87. The molecule has 1 heterocycles. The molecule has 2 atom stereocenters. The first kappa shape index (κ1) is 19.2. The lowest BCUT2D eigenvalue weighted by atomic mass is 9.98. The molecular formula is C20H22Cl2N2O2. The Kier molecular flexibility index (Phi) is 6.54. The molecule has 0 bridgehead atoms. The summed E-state index contributed by atoms with van der Waals surface area (Å²) in [6.07, 6.45) is 1.65. The van der Waals surface area contributed by atoms with Crippen molar-refractivity contribution in [1.29, 1.82) is 0 Å². The molecular weight excluding hydrogens is 371 g/mol. The maximum absolute atomic E-state index is 10.1. The summed E-state index contributed by atoms with van der Waals surface area (Å²) in [5.41, 5.74) is 1.73. The highest BCUT2D eigenvalue weighted by Crippen LogP contribution is 2.31. The lowest BCUT2D eigenvalue weighted by Crippen LogP contribution is -2.42. The second-order valence-corrected chi connectivity index (χ2v) is 7.19. The van der Waals surface area contributed by atoms with Crippen molar-refractivity contribution < 1.29 is 9.84 Å². The van der Waals surface area contributed by atoms with Gasteiger partial charge in [0.2, 0.25) is 0 Å². The van der Waals surface area contributed by atoms with Gasteiger partial charge in [0.15, 0.2) is 0 Å². The summed E-state index contributed by atoms with van der Waals surface area (Å²) >= 11 is 12.0. The van der Waals surface area contributed by atoms with E-state index < -0.39 is 0 Å². The van der Waals surface area contributed by atoms with Crippen LogP contribution in [0, 0.1) is 0 Å². The largest absolute Gasteiger partial charge is 0.506 e. The molecule has 4 nitrogen and oxygen atoms in total. The number of benzene rings is 2. The quantitative estimate of drug-likeness (QED) is 0.757. The Morgan fingerprint density at radius 1 is 1.15 bits per heavy atom. The first-order chi connectivity index (χ1) is 12.6. The third-order valence-electron chi connectivity index (χ3n) is 4.54. The molecule has 0 radical (unpaired) electrons. The molecule has 1 aliphatic rings. The van der Waals surface area contributed by atoms with E-state index in [0.29, 0.717) is 10.6 Å². The van der Waals surface area contributed by atoms with E-state index in [1.807, 2.05) is 18.2 Å². The topological polar surface area (TPSA) is 45.1 Å². The third kappa shape index (κ3) is 4.57. The molecule has 0 unspecified atom stereocenters. The summed E-state index contributed by atoms with van der Waals surface area (Å²) in [7, 11) is 0. The van der Waals surface area contributed by atoms with Gasteiger partial charge in [-0.3, -0.25) is 9.89 Å². The van der Waals surface area contributed by atoms with Gasteiger partial charge in [0, 0.05) is 29.9 Å². The fourth-order valence-corrected chi connectivity index (χ4v) is 3.77. The van der Waals surface area contributed by atoms with E-state index in [-0.39, 0.29) is 22.9 Å². The Labute approximate surface area is 164 Å². The number of ether oxygens (including phenoxy) is 1. The average Bonchev–Trinajstić information content (AvgIpc) is 2.65. The zero-order chi connectivity index (χ0) is 18.5. The van der Waals surface area contributed by atoms with Crippen LogP contribution in [0.3, 0.4) is 0 Å². The van der Waals surface area contributed by atoms with E-state index in [0.717, 1.165) is 26.3 Å². The standard InChI is InChI=1S/C20H22Cl2N2O2/c1-14(23-13-16-11-17(21)12-18(22)20(16)25)19(15-5-3-2-4-6-15)24-7-9-26-10-8-24/h2-6,11-14,19,25H,7-10H2,1H3/t14-,19+/m1/s1. The Morgan fingerprint density at radius 2 is 1.85 bits per heavy atom. The molecule has 0 spiro atoms. The summed E-state index contributed by atoms with van der Waals surface area (Å²) in [6.45, 7) is 5.27. The molecule has 0 amide bonds. The van der Waals surface area contributed by atoms with Gasteiger partial charge in [0.25, 0.3) is 0 Å². The van der Waals surface area contributed by atoms with Crippen molar-refractivity contribution in [3.05, 3.63) is 63.6 Å². The number of phenols is 1. The molecule has 138 valence electrons. The van der Waals surface area contributed by atoms with Crippen LogP contribution in [0.5, 0.6) is 5.75 Å². The fourth-order valence-electron chi connectivity index (χ4n) is 3.26. The first-order valence-corrected chi connectivity index (χ1v) is 9.40. The second-order valence-electron chi connectivity index (χ2n) is 6.35. The second kappa shape index (κ2) is 8.87. The van der Waals surface area contributed by atoms with Crippen molar-refractivity contribution in [2.45, 2.75) is 19.0 Å². The number of aliphatic imine (C=N–C) groups is 1. The van der Waals surface area contributed by atoms with E-state index in [2.05, 4.69) is 24.0 Å². The van der Waals surface area contributed by atoms with Gasteiger partial charge in [0.05, 0.1) is 30.3 Å². The van der Waals surface area contributed by atoms with Crippen LogP contribution in [0.25, 0.3) is 0 Å². The van der Waals surface area contributed by atoms with Crippen LogP contribution in [0.15, 0.2) is 47.5 Å². The summed E-state index contributed by atoms with van der Waals surface area (Å²) in [5.74, 6) is -0.00495. The number of hydrogen-bond donors (Lipinski definition) is 1. The van der Waals surface area contributed by atoms with Crippen LogP contribution >= 0.6 is 23.2 Å². The van der Waals surface area contributed by atoms with E-state index in [4.69, 9.17) is 32.9 Å². The van der Waals surface area contributed by atoms with Crippen molar-refractivity contribution in [3.63, 3.8) is 0 Å². The number of phenolic OH excluding ortho intramolecular Hbond substituents is 1. The van der Waals surface area contributed by atoms with E-state index >= 15 is 0 Å². The Morgan fingerprint density at radius 3 is 2.54 bits per heavy atom. The maximum Gasteiger partial charge on any atom is 0.143 e. The van der Waals surface area contributed by atoms with Crippen LogP contribution in [-0.4, -0.2) is 48.6 Å². The number of morpholine rings is 1. The molecule has 0 aliphatic carbocycles. The molecule has 2 aromatic rings. The highest BCUT2D eigenvalue weighted by atomic mass is 35.5. The van der Waals surface area contributed by atoms with Crippen molar-refractivity contribution in [1.82, 2.24) is 4.90 Å². The SMILES string of the molecule is C[C@@H](N=Cc1cc(Cl)cc(Cl)c1O)[C@@H](c1ccccc1)N1CCOCC1. The zero-order valence-electron chi connectivity index (χ0n) is 14.6. The van der Waals surface area contributed by atoms with E-state index in [1.54, 1.807) is 12.3 Å². The van der Waals surface area contributed by atoms with Crippen LogP contribution in [0.1, 0.15) is 24.1 Å². The van der Waals surface area contributed by atoms with Crippen LogP contribution in [0.2, 0.25) is 10.0 Å². The highest BCUT2D eigenvalue weighted by Gasteiger charge is 2.27. The summed E-state index contributed by atoms with van der Waals surface area (Å²) < 4.78 is 5.49. The van der Waals surface area contributed by atoms with Gasteiger partial charge in [-0.15, -0.1) is 0 Å². The lowest BCUT2D eigenvalue weighted by Gasteiger charge is -2.37. The van der Waals surface area contributed by atoms with E-state index in [1.165, 1.54) is 11.6 Å². The molecule has 0 aromatic heterocycles. The molecule has 1 fully saturated rings. The fraction of sp³-hybridized carbons (Fsp3) is 0.350. The predicted molar refractivity (Wildman–Crippen MR) is 107 cm³/mol. The molecule has 26 heavy (non-hydrogen) atoms. The predicted octanol–water partition coefficient (Wildman–Crippen LogP) is 4.58. The average molecular weight is 393 g/mol. The number of rotatable bonds is 5. The summed E-state index contributed by atoms with van der Waals surface area (Å²) in [5, 5.41) is 10.8. The molecule has 1 N–H and O–H groups in total. The summed E-state index contributed by atoms with van der Waals surface area (Å²) in [6, 6.07) is 13.6. The maximum atomic E-state index is 10.1. The van der Waals surface area contributed by atoms with Gasteiger partial charge in [0.1, 0.15) is 5.75 Å². The Bertz CT molecular complexity index is 762. The van der Waals surface area contributed by atoms with Crippen molar-refractivity contribution in [3.8, 4) is 5.75 Å².